The molecule has 1 N–H and O–H groups in total. The number of ketones is 1. The second-order valence-electron chi connectivity index (χ2n) is 6.84. The van der Waals surface area contributed by atoms with Gasteiger partial charge in [0, 0.05) is 34.8 Å². The third-order valence-electron chi connectivity index (χ3n) is 4.72. The van der Waals surface area contributed by atoms with Crippen LogP contribution in [0.4, 0.5) is 5.69 Å². The molecule has 152 valence electrons. The highest BCUT2D eigenvalue weighted by Crippen LogP contribution is 2.27. The number of methoxy groups -OCH3 is 1. The predicted molar refractivity (Wildman–Crippen MR) is 120 cm³/mol. The number of amides is 1. The van der Waals surface area contributed by atoms with E-state index in [1.54, 1.807) is 61.8 Å². The topological polar surface area (TPSA) is 68.3 Å². The molecule has 31 heavy (non-hydrogen) atoms. The van der Waals surface area contributed by atoms with Gasteiger partial charge in [-0.2, -0.15) is 0 Å². The molecule has 2 heterocycles. The Morgan fingerprint density at radius 3 is 2.68 bits per heavy atom. The summed E-state index contributed by atoms with van der Waals surface area (Å²) in [6.07, 6.45) is 3.75. The first-order chi connectivity index (χ1) is 15.0. The van der Waals surface area contributed by atoms with E-state index in [9.17, 15) is 9.59 Å². The van der Waals surface area contributed by atoms with E-state index in [1.807, 2.05) is 12.1 Å². The lowest BCUT2D eigenvalue weighted by Gasteiger charge is -2.18. The minimum atomic E-state index is -0.432. The van der Waals surface area contributed by atoms with Crippen LogP contribution in [0.3, 0.4) is 0 Å². The number of carbonyl (C=O) groups is 2. The molecule has 0 fully saturated rings. The zero-order chi connectivity index (χ0) is 21.8. The molecule has 0 unspecified atom stereocenters. The molecule has 0 radical (unpaired) electrons. The highest BCUT2D eigenvalue weighted by molar-refractivity contribution is 6.36. The van der Waals surface area contributed by atoms with Crippen molar-refractivity contribution in [2.24, 2.45) is 0 Å². The Balaban J connectivity index is 1.58. The summed E-state index contributed by atoms with van der Waals surface area (Å²) in [7, 11) is 1.57. The van der Waals surface area contributed by atoms with Crippen molar-refractivity contribution < 1.29 is 14.3 Å². The SMILES string of the molecule is COc1cc(CC#Cc2ccc3c(c2)C(=O)/C(=C/c2ccc(Cl)cc2)C(=O)N3)ccn1. The van der Waals surface area contributed by atoms with Gasteiger partial charge >= 0.3 is 0 Å². The van der Waals surface area contributed by atoms with Crippen LogP contribution in [-0.4, -0.2) is 23.8 Å². The molecule has 1 amide bonds. The molecule has 5 nitrogen and oxygen atoms in total. The van der Waals surface area contributed by atoms with Crippen molar-refractivity contribution in [2.75, 3.05) is 12.4 Å². The highest BCUT2D eigenvalue weighted by atomic mass is 35.5. The Bertz CT molecular complexity index is 1270. The summed E-state index contributed by atoms with van der Waals surface area (Å²) in [4.78, 5) is 29.5. The van der Waals surface area contributed by atoms with Crippen molar-refractivity contribution >= 4 is 35.1 Å². The minimum absolute atomic E-state index is 0.0730. The zero-order valence-corrected chi connectivity index (χ0v) is 17.4. The fourth-order valence-electron chi connectivity index (χ4n) is 3.13. The fourth-order valence-corrected chi connectivity index (χ4v) is 3.26. The van der Waals surface area contributed by atoms with Crippen molar-refractivity contribution in [3.05, 3.63) is 93.6 Å². The molecule has 4 rings (SSSR count). The van der Waals surface area contributed by atoms with Gasteiger partial charge in [-0.15, -0.1) is 0 Å². The molecule has 0 saturated heterocycles. The molecular weight excluding hydrogens is 412 g/mol. The van der Waals surface area contributed by atoms with Crippen LogP contribution in [0.5, 0.6) is 5.88 Å². The number of nitrogens with one attached hydrogen (secondary N) is 1. The molecule has 1 aromatic heterocycles. The first-order valence-electron chi connectivity index (χ1n) is 9.48. The summed E-state index contributed by atoms with van der Waals surface area (Å²) in [6, 6.07) is 15.8. The van der Waals surface area contributed by atoms with Crippen LogP contribution in [0.1, 0.15) is 27.0 Å². The third-order valence-corrected chi connectivity index (χ3v) is 4.97. The average Bonchev–Trinajstić information content (AvgIpc) is 2.78. The predicted octanol–water partition coefficient (Wildman–Crippen LogP) is 4.56. The first-order valence-corrected chi connectivity index (χ1v) is 9.86. The molecule has 1 aliphatic rings. The van der Waals surface area contributed by atoms with Gasteiger partial charge < -0.3 is 10.1 Å². The highest BCUT2D eigenvalue weighted by Gasteiger charge is 2.28. The number of carbonyl (C=O) groups excluding carboxylic acids is 2. The maximum absolute atomic E-state index is 13.0. The molecule has 2 aromatic carbocycles. The fraction of sp³-hybridized carbons (Fsp3) is 0.0800. The van der Waals surface area contributed by atoms with Crippen molar-refractivity contribution in [1.29, 1.82) is 0 Å². The zero-order valence-electron chi connectivity index (χ0n) is 16.6. The number of ether oxygens (including phenoxy) is 1. The Morgan fingerprint density at radius 2 is 1.90 bits per heavy atom. The summed E-state index contributed by atoms with van der Waals surface area (Å²) in [6.45, 7) is 0. The number of Topliss-reactive ketones (excluding diaryl/α,β-unsaturated/α-hetero) is 1. The number of hydrogen-bond donors (Lipinski definition) is 1. The number of fused-ring (bicyclic) bond motifs is 1. The van der Waals surface area contributed by atoms with E-state index in [0.717, 1.165) is 11.1 Å². The number of halogens is 1. The second-order valence-corrected chi connectivity index (χ2v) is 7.27. The minimum Gasteiger partial charge on any atom is -0.481 e. The normalized spacial score (nSPS) is 13.8. The number of hydrogen-bond acceptors (Lipinski definition) is 4. The van der Waals surface area contributed by atoms with Crippen LogP contribution in [0.25, 0.3) is 6.08 Å². The van der Waals surface area contributed by atoms with Crippen molar-refractivity contribution in [3.63, 3.8) is 0 Å². The second kappa shape index (κ2) is 8.86. The molecule has 0 spiro atoms. The van der Waals surface area contributed by atoms with E-state index in [1.165, 1.54) is 0 Å². The van der Waals surface area contributed by atoms with Crippen LogP contribution >= 0.6 is 11.6 Å². The van der Waals surface area contributed by atoms with Gasteiger partial charge in [0.25, 0.3) is 5.91 Å². The lowest BCUT2D eigenvalue weighted by atomic mass is 9.94. The summed E-state index contributed by atoms with van der Waals surface area (Å²) in [5.41, 5.74) is 3.35. The number of anilines is 1. The lowest BCUT2D eigenvalue weighted by molar-refractivity contribution is -0.112. The monoisotopic (exact) mass is 428 g/mol. The summed E-state index contributed by atoms with van der Waals surface area (Å²) in [5, 5.41) is 3.35. The van der Waals surface area contributed by atoms with Gasteiger partial charge in [0.1, 0.15) is 0 Å². The number of aromatic nitrogens is 1. The van der Waals surface area contributed by atoms with E-state index in [-0.39, 0.29) is 11.4 Å². The average molecular weight is 429 g/mol. The summed E-state index contributed by atoms with van der Waals surface area (Å²) >= 11 is 5.90. The molecule has 6 heteroatoms. The number of nitrogens with zero attached hydrogens (tertiary/aromatic N) is 1. The molecule has 0 atom stereocenters. The standard InChI is InChI=1S/C25H17ClN2O3/c1-31-23-15-17(11-12-27-23)4-2-3-16-7-10-22-20(13-16)24(29)21(25(30)28-22)14-18-5-8-19(26)9-6-18/h5-15H,4H2,1H3,(H,28,30)/b21-14-. The van der Waals surface area contributed by atoms with E-state index < -0.39 is 5.91 Å². The van der Waals surface area contributed by atoms with E-state index in [0.29, 0.717) is 34.1 Å². The number of rotatable bonds is 3. The van der Waals surface area contributed by atoms with Gasteiger partial charge in [0.2, 0.25) is 11.7 Å². The molecule has 0 bridgehead atoms. The number of benzene rings is 2. The maximum atomic E-state index is 13.0. The number of pyridine rings is 1. The molecule has 3 aromatic rings. The molecular formula is C25H17ClN2O3. The quantitative estimate of drug-likeness (QED) is 0.377. The first kappa shape index (κ1) is 20.4. The van der Waals surface area contributed by atoms with E-state index in [4.69, 9.17) is 16.3 Å². The van der Waals surface area contributed by atoms with Crippen molar-refractivity contribution in [1.82, 2.24) is 4.98 Å². The van der Waals surface area contributed by atoms with Crippen LogP contribution < -0.4 is 10.1 Å². The Morgan fingerprint density at radius 1 is 1.10 bits per heavy atom. The van der Waals surface area contributed by atoms with Gasteiger partial charge in [0.15, 0.2) is 0 Å². The van der Waals surface area contributed by atoms with Crippen LogP contribution in [-0.2, 0) is 11.2 Å². The van der Waals surface area contributed by atoms with E-state index in [2.05, 4.69) is 22.1 Å². The van der Waals surface area contributed by atoms with Crippen LogP contribution in [0.15, 0.2) is 66.4 Å². The van der Waals surface area contributed by atoms with Gasteiger partial charge in [-0.1, -0.05) is 35.6 Å². The lowest BCUT2D eigenvalue weighted by Crippen LogP contribution is -2.27. The van der Waals surface area contributed by atoms with Crippen molar-refractivity contribution in [3.8, 4) is 17.7 Å². The van der Waals surface area contributed by atoms with Crippen LogP contribution in [0, 0.1) is 11.8 Å². The smallest absolute Gasteiger partial charge is 0.259 e. The Kier molecular flexibility index (Phi) is 5.83. The molecule has 0 saturated carbocycles. The van der Waals surface area contributed by atoms with Gasteiger partial charge in [-0.3, -0.25) is 9.59 Å². The van der Waals surface area contributed by atoms with Gasteiger partial charge in [-0.25, -0.2) is 4.98 Å². The Hall–Kier alpha value is -3.88. The van der Waals surface area contributed by atoms with E-state index >= 15 is 0 Å². The Labute approximate surface area is 184 Å². The van der Waals surface area contributed by atoms with Gasteiger partial charge in [-0.05, 0) is 53.6 Å². The third kappa shape index (κ3) is 4.66. The molecule has 0 aliphatic carbocycles. The largest absolute Gasteiger partial charge is 0.481 e. The molecule has 1 aliphatic heterocycles. The van der Waals surface area contributed by atoms with Crippen molar-refractivity contribution in [2.45, 2.75) is 6.42 Å². The summed E-state index contributed by atoms with van der Waals surface area (Å²) in [5.74, 6) is 5.94. The van der Waals surface area contributed by atoms with Crippen LogP contribution in [0.2, 0.25) is 5.02 Å². The summed E-state index contributed by atoms with van der Waals surface area (Å²) < 4.78 is 5.12. The van der Waals surface area contributed by atoms with Gasteiger partial charge in [0.05, 0.1) is 18.4 Å². The maximum Gasteiger partial charge on any atom is 0.259 e.